The maximum atomic E-state index is 5.99. The van der Waals surface area contributed by atoms with Gasteiger partial charge in [-0.15, -0.1) is 11.6 Å². The molecule has 14 heavy (non-hydrogen) atoms. The number of hydrogen-bond acceptors (Lipinski definition) is 3. The van der Waals surface area contributed by atoms with Crippen LogP contribution in [0.15, 0.2) is 18.5 Å². The van der Waals surface area contributed by atoms with Gasteiger partial charge in [0.05, 0.1) is 12.5 Å². The summed E-state index contributed by atoms with van der Waals surface area (Å²) in [4.78, 5) is 8.35. The Bertz CT molecular complexity index is 365. The number of hydrogen-bond donors (Lipinski definition) is 0. The number of aromatic nitrogens is 2. The fourth-order valence-corrected chi connectivity index (χ4v) is 1.83. The Hall–Kier alpha value is -1.09. The van der Waals surface area contributed by atoms with E-state index >= 15 is 0 Å². The van der Waals surface area contributed by atoms with E-state index in [1.165, 1.54) is 0 Å². The van der Waals surface area contributed by atoms with Crippen molar-refractivity contribution in [2.24, 2.45) is 0 Å². The van der Waals surface area contributed by atoms with Crippen molar-refractivity contribution in [2.75, 3.05) is 7.11 Å². The van der Waals surface area contributed by atoms with E-state index in [1.54, 1.807) is 19.5 Å². The highest BCUT2D eigenvalue weighted by Gasteiger charge is 2.18. The minimum atomic E-state index is 0.122. The zero-order valence-corrected chi connectivity index (χ0v) is 8.66. The maximum Gasteiger partial charge on any atom is 0.239 e. The van der Waals surface area contributed by atoms with Crippen LogP contribution in [0.5, 0.6) is 5.88 Å². The molecule has 2 rings (SSSR count). The van der Waals surface area contributed by atoms with Crippen molar-refractivity contribution in [1.82, 2.24) is 9.97 Å². The molecule has 1 atom stereocenters. The Morgan fingerprint density at radius 2 is 2.21 bits per heavy atom. The summed E-state index contributed by atoms with van der Waals surface area (Å²) in [6.07, 6.45) is 7.23. The van der Waals surface area contributed by atoms with Crippen molar-refractivity contribution in [3.05, 3.63) is 24.2 Å². The lowest BCUT2D eigenvalue weighted by Crippen LogP contribution is -1.96. The average molecular weight is 211 g/mol. The first-order valence-corrected chi connectivity index (χ1v) is 4.95. The lowest BCUT2D eigenvalue weighted by Gasteiger charge is -2.05. The van der Waals surface area contributed by atoms with Gasteiger partial charge >= 0.3 is 0 Å². The van der Waals surface area contributed by atoms with E-state index in [-0.39, 0.29) is 5.38 Å². The van der Waals surface area contributed by atoms with Crippen molar-refractivity contribution in [3.63, 3.8) is 0 Å². The molecule has 0 spiro atoms. The van der Waals surface area contributed by atoms with Crippen LogP contribution in [0.4, 0.5) is 0 Å². The molecule has 3 nitrogen and oxygen atoms in total. The van der Waals surface area contributed by atoms with Crippen LogP contribution >= 0.6 is 11.6 Å². The number of halogens is 1. The van der Waals surface area contributed by atoms with Crippen molar-refractivity contribution in [3.8, 4) is 5.88 Å². The first-order valence-electron chi connectivity index (χ1n) is 4.51. The Morgan fingerprint density at radius 3 is 2.86 bits per heavy atom. The SMILES string of the molecule is COc1nccnc1C1=CC(Cl)CC1. The van der Waals surface area contributed by atoms with Gasteiger partial charge in [-0.2, -0.15) is 0 Å². The molecule has 1 heterocycles. The molecule has 0 amide bonds. The Kier molecular flexibility index (Phi) is 2.68. The smallest absolute Gasteiger partial charge is 0.239 e. The summed E-state index contributed by atoms with van der Waals surface area (Å²) < 4.78 is 5.14. The van der Waals surface area contributed by atoms with Gasteiger partial charge in [-0.1, -0.05) is 6.08 Å². The highest BCUT2D eigenvalue weighted by atomic mass is 35.5. The van der Waals surface area contributed by atoms with Crippen molar-refractivity contribution < 1.29 is 4.74 Å². The topological polar surface area (TPSA) is 35.0 Å². The molecule has 0 saturated heterocycles. The van der Waals surface area contributed by atoms with Crippen LogP contribution in [-0.2, 0) is 0 Å². The van der Waals surface area contributed by atoms with Gasteiger partial charge in [-0.05, 0) is 18.4 Å². The fourth-order valence-electron chi connectivity index (χ4n) is 1.57. The number of allylic oxidation sites excluding steroid dienone is 2. The standard InChI is InChI=1S/C10H11ClN2O/c1-14-10-9(12-4-5-13-10)7-2-3-8(11)6-7/h4-6,8H,2-3H2,1H3. The van der Waals surface area contributed by atoms with Crippen molar-refractivity contribution in [2.45, 2.75) is 18.2 Å². The molecule has 0 aromatic carbocycles. The molecule has 1 aromatic rings. The van der Waals surface area contributed by atoms with Gasteiger partial charge in [0.1, 0.15) is 5.69 Å². The predicted octanol–water partition coefficient (Wildman–Crippen LogP) is 2.27. The molecule has 0 fully saturated rings. The van der Waals surface area contributed by atoms with E-state index in [0.29, 0.717) is 5.88 Å². The molecule has 1 unspecified atom stereocenters. The summed E-state index contributed by atoms with van der Waals surface area (Å²) in [7, 11) is 1.60. The van der Waals surface area contributed by atoms with Gasteiger partial charge in [-0.25, -0.2) is 9.97 Å². The van der Waals surface area contributed by atoms with E-state index in [1.807, 2.05) is 6.08 Å². The number of nitrogens with zero attached hydrogens (tertiary/aromatic N) is 2. The largest absolute Gasteiger partial charge is 0.479 e. The second-order valence-corrected chi connectivity index (χ2v) is 3.72. The molecule has 1 aliphatic rings. The average Bonchev–Trinajstić information content (AvgIpc) is 2.65. The van der Waals surface area contributed by atoms with E-state index in [2.05, 4.69) is 9.97 Å². The van der Waals surface area contributed by atoms with E-state index in [9.17, 15) is 0 Å². The lowest BCUT2D eigenvalue weighted by atomic mass is 10.2. The zero-order valence-electron chi connectivity index (χ0n) is 7.90. The minimum Gasteiger partial charge on any atom is -0.479 e. The normalized spacial score (nSPS) is 20.7. The van der Waals surface area contributed by atoms with Gasteiger partial charge in [0.15, 0.2) is 0 Å². The van der Waals surface area contributed by atoms with Gasteiger partial charge in [0, 0.05) is 12.4 Å². The Morgan fingerprint density at radius 1 is 1.43 bits per heavy atom. The molecule has 74 valence electrons. The monoisotopic (exact) mass is 210 g/mol. The summed E-state index contributed by atoms with van der Waals surface area (Å²) in [5.41, 5.74) is 1.95. The predicted molar refractivity (Wildman–Crippen MR) is 55.4 cm³/mol. The van der Waals surface area contributed by atoms with Crippen LogP contribution in [0.3, 0.4) is 0 Å². The van der Waals surface area contributed by atoms with Crippen molar-refractivity contribution in [1.29, 1.82) is 0 Å². The number of ether oxygens (including phenoxy) is 1. The van der Waals surface area contributed by atoms with Crippen LogP contribution < -0.4 is 4.74 Å². The van der Waals surface area contributed by atoms with Gasteiger partial charge in [0.2, 0.25) is 5.88 Å². The van der Waals surface area contributed by atoms with Crippen LogP contribution in [0.2, 0.25) is 0 Å². The lowest BCUT2D eigenvalue weighted by molar-refractivity contribution is 0.394. The van der Waals surface area contributed by atoms with Crippen LogP contribution in [0, 0.1) is 0 Å². The Labute approximate surface area is 87.8 Å². The van der Waals surface area contributed by atoms with Crippen LogP contribution in [0.1, 0.15) is 18.5 Å². The van der Waals surface area contributed by atoms with Gasteiger partial charge < -0.3 is 4.74 Å². The third-order valence-corrected chi connectivity index (χ3v) is 2.58. The molecule has 1 aliphatic carbocycles. The van der Waals surface area contributed by atoms with Gasteiger partial charge in [-0.3, -0.25) is 0 Å². The molecule has 0 radical (unpaired) electrons. The number of rotatable bonds is 2. The van der Waals surface area contributed by atoms with Gasteiger partial charge in [0.25, 0.3) is 0 Å². The van der Waals surface area contributed by atoms with Crippen LogP contribution in [0.25, 0.3) is 5.57 Å². The molecule has 4 heteroatoms. The molecule has 1 aromatic heterocycles. The third-order valence-electron chi connectivity index (χ3n) is 2.23. The summed E-state index contributed by atoms with van der Waals surface area (Å²) in [5.74, 6) is 0.574. The van der Waals surface area contributed by atoms with E-state index in [4.69, 9.17) is 16.3 Å². The second-order valence-electron chi connectivity index (χ2n) is 3.16. The van der Waals surface area contributed by atoms with Crippen LogP contribution in [-0.4, -0.2) is 22.5 Å². The minimum absolute atomic E-state index is 0.122. The highest BCUT2D eigenvalue weighted by Crippen LogP contribution is 2.32. The zero-order chi connectivity index (χ0) is 9.97. The van der Waals surface area contributed by atoms with E-state index < -0.39 is 0 Å². The quantitative estimate of drug-likeness (QED) is 0.703. The molecule has 0 bridgehead atoms. The Balaban J connectivity index is 2.36. The summed E-state index contributed by atoms with van der Waals surface area (Å²) >= 11 is 5.99. The fraction of sp³-hybridized carbons (Fsp3) is 0.400. The maximum absolute atomic E-state index is 5.99. The van der Waals surface area contributed by atoms with Crippen molar-refractivity contribution >= 4 is 17.2 Å². The molecule has 0 saturated carbocycles. The molecular weight excluding hydrogens is 200 g/mol. The first kappa shape index (κ1) is 9.46. The number of methoxy groups -OCH3 is 1. The first-order chi connectivity index (χ1) is 6.81. The second kappa shape index (κ2) is 3.96. The molecule has 0 aliphatic heterocycles. The highest BCUT2D eigenvalue weighted by molar-refractivity contribution is 6.22. The third kappa shape index (κ3) is 1.73. The number of alkyl halides is 1. The summed E-state index contributed by atoms with van der Waals surface area (Å²) in [6.45, 7) is 0. The molecule has 0 N–H and O–H groups in total. The van der Waals surface area contributed by atoms with E-state index in [0.717, 1.165) is 24.1 Å². The summed E-state index contributed by atoms with van der Waals surface area (Å²) in [6, 6.07) is 0. The molecular formula is C10H11ClN2O. The summed E-state index contributed by atoms with van der Waals surface area (Å²) in [5, 5.41) is 0.122.